The zero-order valence-corrected chi connectivity index (χ0v) is 27.8. The van der Waals surface area contributed by atoms with Gasteiger partial charge in [0.05, 0.1) is 22.4 Å². The molecule has 238 valence electrons. The number of benzene rings is 7. The van der Waals surface area contributed by atoms with E-state index >= 15 is 0 Å². The number of nitrogens with zero attached hydrogens (tertiary/aromatic N) is 3. The average molecular weight is 644 g/mol. The van der Waals surface area contributed by atoms with Gasteiger partial charge in [-0.2, -0.15) is 0 Å². The Labute approximate surface area is 289 Å². The molecule has 0 amide bonds. The van der Waals surface area contributed by atoms with E-state index in [0.29, 0.717) is 5.95 Å². The van der Waals surface area contributed by atoms with Gasteiger partial charge >= 0.3 is 0 Å². The monoisotopic (exact) mass is 643 g/mol. The fraction of sp³-hybridized carbons (Fsp3) is 0.0435. The Morgan fingerprint density at radius 3 is 1.74 bits per heavy atom. The van der Waals surface area contributed by atoms with E-state index in [4.69, 9.17) is 14.4 Å². The molecule has 0 atom stereocenters. The van der Waals surface area contributed by atoms with E-state index in [0.717, 1.165) is 77.4 Å². The lowest BCUT2D eigenvalue weighted by Crippen LogP contribution is -2.04. The maximum Gasteiger partial charge on any atom is 0.235 e. The normalized spacial score (nSPS) is 11.4. The van der Waals surface area contributed by atoms with Crippen LogP contribution in [0.2, 0.25) is 0 Å². The minimum Gasteiger partial charge on any atom is -0.456 e. The molecule has 10 aromatic rings. The van der Waals surface area contributed by atoms with Crippen molar-refractivity contribution >= 4 is 54.5 Å². The number of hydrogen-bond donors (Lipinski definition) is 0. The van der Waals surface area contributed by atoms with E-state index in [1.807, 2.05) is 38.1 Å². The van der Waals surface area contributed by atoms with Crippen LogP contribution in [0.5, 0.6) is 0 Å². The summed E-state index contributed by atoms with van der Waals surface area (Å²) in [5.41, 5.74) is 9.90. The Bertz CT molecular complexity index is 2770. The predicted molar refractivity (Wildman–Crippen MR) is 209 cm³/mol. The van der Waals surface area contributed by atoms with Crippen molar-refractivity contribution in [3.8, 4) is 39.6 Å². The van der Waals surface area contributed by atoms with Crippen LogP contribution in [0.15, 0.2) is 168 Å². The molecule has 4 heteroatoms. The SMILES string of the molecule is CC.c1ccc(-c2cc(-c3ccccc3)nc(-n3c4cc5ccccc5cc4c4cccc(-c5cccc6oc7ccccc7c56)c43)n2)cc1. The molecule has 0 N–H and O–H groups in total. The Morgan fingerprint density at radius 1 is 0.460 bits per heavy atom. The Balaban J connectivity index is 0.00000165. The molecule has 0 saturated carbocycles. The summed E-state index contributed by atoms with van der Waals surface area (Å²) in [6.07, 6.45) is 0. The summed E-state index contributed by atoms with van der Waals surface area (Å²) in [5, 5.41) is 6.87. The van der Waals surface area contributed by atoms with Crippen LogP contribution in [-0.4, -0.2) is 14.5 Å². The van der Waals surface area contributed by atoms with Crippen LogP contribution < -0.4 is 0 Å². The van der Waals surface area contributed by atoms with Gasteiger partial charge in [-0.05, 0) is 46.7 Å². The van der Waals surface area contributed by atoms with Gasteiger partial charge in [-0.15, -0.1) is 0 Å². The zero-order chi connectivity index (χ0) is 33.6. The first kappa shape index (κ1) is 29.6. The molecule has 3 aromatic heterocycles. The predicted octanol–water partition coefficient (Wildman–Crippen LogP) is 12.7. The highest BCUT2D eigenvalue weighted by molar-refractivity contribution is 6.20. The van der Waals surface area contributed by atoms with Gasteiger partial charge in [0.15, 0.2) is 0 Å². The zero-order valence-electron chi connectivity index (χ0n) is 27.8. The van der Waals surface area contributed by atoms with Crippen molar-refractivity contribution in [3.05, 3.63) is 164 Å². The summed E-state index contributed by atoms with van der Waals surface area (Å²) in [4.78, 5) is 10.6. The number of furan rings is 1. The van der Waals surface area contributed by atoms with Crippen LogP contribution in [0.4, 0.5) is 0 Å². The minimum atomic E-state index is 0.627. The van der Waals surface area contributed by atoms with E-state index in [1.165, 1.54) is 10.8 Å². The molecule has 10 rings (SSSR count). The third-order valence-electron chi connectivity index (χ3n) is 9.40. The fourth-order valence-corrected chi connectivity index (χ4v) is 7.22. The van der Waals surface area contributed by atoms with Gasteiger partial charge in [0.1, 0.15) is 11.2 Å². The maximum absolute atomic E-state index is 6.35. The van der Waals surface area contributed by atoms with Gasteiger partial charge in [-0.25, -0.2) is 9.97 Å². The molecule has 0 aliphatic carbocycles. The van der Waals surface area contributed by atoms with Gasteiger partial charge in [0.2, 0.25) is 5.95 Å². The van der Waals surface area contributed by atoms with Crippen molar-refractivity contribution in [1.29, 1.82) is 0 Å². The first-order valence-electron chi connectivity index (χ1n) is 17.2. The molecular formula is C46H33N3O. The topological polar surface area (TPSA) is 43.9 Å². The average Bonchev–Trinajstić information content (AvgIpc) is 3.74. The molecule has 0 saturated heterocycles. The van der Waals surface area contributed by atoms with Crippen LogP contribution in [-0.2, 0) is 0 Å². The highest BCUT2D eigenvalue weighted by Gasteiger charge is 2.22. The van der Waals surface area contributed by atoms with Crippen LogP contribution >= 0.6 is 0 Å². The molecule has 4 nitrogen and oxygen atoms in total. The Hall–Kier alpha value is -6.52. The van der Waals surface area contributed by atoms with Crippen molar-refractivity contribution in [1.82, 2.24) is 14.5 Å². The third-order valence-corrected chi connectivity index (χ3v) is 9.40. The summed E-state index contributed by atoms with van der Waals surface area (Å²) in [6, 6.07) is 57.2. The lowest BCUT2D eigenvalue weighted by atomic mass is 9.97. The first-order valence-corrected chi connectivity index (χ1v) is 17.2. The van der Waals surface area contributed by atoms with E-state index in [1.54, 1.807) is 0 Å². The van der Waals surface area contributed by atoms with Crippen molar-refractivity contribution in [3.63, 3.8) is 0 Å². The lowest BCUT2D eigenvalue weighted by Gasteiger charge is -2.14. The maximum atomic E-state index is 6.35. The van der Waals surface area contributed by atoms with Crippen molar-refractivity contribution in [2.24, 2.45) is 0 Å². The smallest absolute Gasteiger partial charge is 0.235 e. The molecule has 0 fully saturated rings. The van der Waals surface area contributed by atoms with Crippen LogP contribution in [0, 0.1) is 0 Å². The summed E-state index contributed by atoms with van der Waals surface area (Å²) in [7, 11) is 0. The van der Waals surface area contributed by atoms with E-state index in [-0.39, 0.29) is 0 Å². The standard InChI is InChI=1S/C44H27N3O.C2H6/c1-3-13-28(14-4-1)37-27-38(29-15-5-2-6-16-29)46-44(45-37)47-39-26-31-18-8-7-17-30(31)25-36(39)34-22-11-21-33(43(34)47)32-20-12-24-41-42(32)35-19-9-10-23-40(35)48-41;1-2/h1-27H;1-2H3. The van der Waals surface area contributed by atoms with Gasteiger partial charge < -0.3 is 4.42 Å². The summed E-state index contributed by atoms with van der Waals surface area (Å²) in [6.45, 7) is 4.00. The summed E-state index contributed by atoms with van der Waals surface area (Å²) >= 11 is 0. The largest absolute Gasteiger partial charge is 0.456 e. The van der Waals surface area contributed by atoms with E-state index in [2.05, 4.69) is 144 Å². The van der Waals surface area contributed by atoms with Crippen molar-refractivity contribution < 1.29 is 4.42 Å². The molecule has 0 unspecified atom stereocenters. The summed E-state index contributed by atoms with van der Waals surface area (Å²) < 4.78 is 8.62. The third kappa shape index (κ3) is 4.76. The van der Waals surface area contributed by atoms with Gasteiger partial charge in [-0.1, -0.05) is 147 Å². The number of fused-ring (bicyclic) bond motifs is 7. The summed E-state index contributed by atoms with van der Waals surface area (Å²) in [5.74, 6) is 0.627. The Morgan fingerprint density at radius 2 is 1.02 bits per heavy atom. The molecule has 7 aromatic carbocycles. The number of aromatic nitrogens is 3. The van der Waals surface area contributed by atoms with Crippen LogP contribution in [0.3, 0.4) is 0 Å². The Kier molecular flexibility index (Phi) is 7.21. The second kappa shape index (κ2) is 12.2. The van der Waals surface area contributed by atoms with Gasteiger partial charge in [-0.3, -0.25) is 4.57 Å². The minimum absolute atomic E-state index is 0.627. The van der Waals surface area contributed by atoms with Crippen molar-refractivity contribution in [2.45, 2.75) is 13.8 Å². The molecule has 50 heavy (non-hydrogen) atoms. The highest BCUT2D eigenvalue weighted by atomic mass is 16.3. The highest BCUT2D eigenvalue weighted by Crippen LogP contribution is 2.43. The molecule has 0 bridgehead atoms. The number of para-hydroxylation sites is 2. The second-order valence-electron chi connectivity index (χ2n) is 12.2. The van der Waals surface area contributed by atoms with E-state index in [9.17, 15) is 0 Å². The fourth-order valence-electron chi connectivity index (χ4n) is 7.22. The first-order chi connectivity index (χ1) is 24.8. The van der Waals surface area contributed by atoms with Crippen LogP contribution in [0.25, 0.3) is 94.1 Å². The second-order valence-corrected chi connectivity index (χ2v) is 12.2. The molecule has 3 heterocycles. The van der Waals surface area contributed by atoms with Gasteiger partial charge in [0.25, 0.3) is 0 Å². The molecule has 0 aliphatic heterocycles. The lowest BCUT2D eigenvalue weighted by molar-refractivity contribution is 0.669. The molecule has 0 radical (unpaired) electrons. The molecule has 0 aliphatic rings. The van der Waals surface area contributed by atoms with Crippen molar-refractivity contribution in [2.75, 3.05) is 0 Å². The van der Waals surface area contributed by atoms with Gasteiger partial charge in [0, 0.05) is 38.2 Å². The molecular weight excluding hydrogens is 611 g/mol. The molecule has 0 spiro atoms. The number of hydrogen-bond acceptors (Lipinski definition) is 3. The van der Waals surface area contributed by atoms with Crippen LogP contribution in [0.1, 0.15) is 13.8 Å². The van der Waals surface area contributed by atoms with E-state index < -0.39 is 0 Å². The quantitative estimate of drug-likeness (QED) is 0.192. The number of rotatable bonds is 4.